The number of hydrogen-bond donors (Lipinski definition) is 2. The zero-order valence-electron chi connectivity index (χ0n) is 9.39. The molecule has 0 aliphatic heterocycles. The molecule has 0 fully saturated rings. The van der Waals surface area contributed by atoms with Gasteiger partial charge in [-0.3, -0.25) is 11.3 Å². The van der Waals surface area contributed by atoms with Gasteiger partial charge in [0.05, 0.1) is 5.60 Å². The van der Waals surface area contributed by atoms with Gasteiger partial charge < -0.3 is 4.74 Å². The minimum atomic E-state index is -0.0851. The molecule has 80 valence electrons. The predicted octanol–water partition coefficient (Wildman–Crippen LogP) is 1.82. The van der Waals surface area contributed by atoms with E-state index in [2.05, 4.69) is 26.2 Å². The van der Waals surface area contributed by atoms with Crippen LogP contribution in [0.5, 0.6) is 0 Å². The molecule has 1 unspecified atom stereocenters. The fraction of sp³-hybridized carbons (Fsp3) is 1.00. The standard InChI is InChI=1S/C10H24N2O/c1-5-9(12-11)10(6-2,7-3)13-8-4/h9,12H,5-8,11H2,1-4H3. The number of ether oxygens (including phenoxy) is 1. The number of hydrazine groups is 1. The lowest BCUT2D eigenvalue weighted by Gasteiger charge is -2.38. The van der Waals surface area contributed by atoms with Crippen LogP contribution in [0, 0.1) is 0 Å². The summed E-state index contributed by atoms with van der Waals surface area (Å²) in [7, 11) is 0. The molecular weight excluding hydrogens is 164 g/mol. The number of nitrogens with two attached hydrogens (primary N) is 1. The molecule has 0 spiro atoms. The van der Waals surface area contributed by atoms with E-state index in [1.54, 1.807) is 0 Å². The van der Waals surface area contributed by atoms with Gasteiger partial charge >= 0.3 is 0 Å². The molecule has 0 heterocycles. The van der Waals surface area contributed by atoms with Gasteiger partial charge in [0.15, 0.2) is 0 Å². The Morgan fingerprint density at radius 1 is 1.23 bits per heavy atom. The van der Waals surface area contributed by atoms with Crippen LogP contribution in [0.4, 0.5) is 0 Å². The molecule has 0 saturated carbocycles. The van der Waals surface area contributed by atoms with Gasteiger partial charge in [0.25, 0.3) is 0 Å². The van der Waals surface area contributed by atoms with Crippen LogP contribution in [0.3, 0.4) is 0 Å². The van der Waals surface area contributed by atoms with Crippen LogP contribution in [0.1, 0.15) is 47.0 Å². The molecule has 3 N–H and O–H groups in total. The van der Waals surface area contributed by atoms with Crippen LogP contribution >= 0.6 is 0 Å². The van der Waals surface area contributed by atoms with E-state index in [9.17, 15) is 0 Å². The first-order valence-electron chi connectivity index (χ1n) is 5.30. The lowest BCUT2D eigenvalue weighted by molar-refractivity contribution is -0.0728. The van der Waals surface area contributed by atoms with Gasteiger partial charge in [0, 0.05) is 12.6 Å². The highest BCUT2D eigenvalue weighted by Crippen LogP contribution is 2.26. The van der Waals surface area contributed by atoms with Gasteiger partial charge in [0.2, 0.25) is 0 Å². The second-order valence-electron chi connectivity index (χ2n) is 3.33. The zero-order valence-corrected chi connectivity index (χ0v) is 9.39. The number of hydrogen-bond acceptors (Lipinski definition) is 3. The predicted molar refractivity (Wildman–Crippen MR) is 56.3 cm³/mol. The summed E-state index contributed by atoms with van der Waals surface area (Å²) in [5.74, 6) is 5.52. The molecule has 0 rings (SSSR count). The van der Waals surface area contributed by atoms with E-state index in [1.807, 2.05) is 6.92 Å². The van der Waals surface area contributed by atoms with Crippen LogP contribution in [-0.4, -0.2) is 18.2 Å². The summed E-state index contributed by atoms with van der Waals surface area (Å²) >= 11 is 0. The van der Waals surface area contributed by atoms with E-state index in [0.29, 0.717) is 0 Å². The van der Waals surface area contributed by atoms with Crippen molar-refractivity contribution >= 4 is 0 Å². The first kappa shape index (κ1) is 12.9. The Labute approximate surface area is 82.0 Å². The Hall–Kier alpha value is -0.120. The summed E-state index contributed by atoms with van der Waals surface area (Å²) in [6.45, 7) is 9.21. The third-order valence-electron chi connectivity index (χ3n) is 2.87. The Morgan fingerprint density at radius 2 is 1.77 bits per heavy atom. The highest BCUT2D eigenvalue weighted by molar-refractivity contribution is 4.89. The van der Waals surface area contributed by atoms with Gasteiger partial charge in [-0.05, 0) is 26.2 Å². The third kappa shape index (κ3) is 2.93. The molecule has 13 heavy (non-hydrogen) atoms. The third-order valence-corrected chi connectivity index (χ3v) is 2.87. The smallest absolute Gasteiger partial charge is 0.0842 e. The van der Waals surface area contributed by atoms with E-state index < -0.39 is 0 Å². The van der Waals surface area contributed by atoms with Crippen molar-refractivity contribution in [2.45, 2.75) is 58.6 Å². The monoisotopic (exact) mass is 188 g/mol. The lowest BCUT2D eigenvalue weighted by Crippen LogP contribution is -2.54. The second kappa shape index (κ2) is 6.35. The largest absolute Gasteiger partial charge is 0.374 e. The molecule has 3 nitrogen and oxygen atoms in total. The molecule has 3 heteroatoms. The van der Waals surface area contributed by atoms with Crippen LogP contribution in [0.25, 0.3) is 0 Å². The summed E-state index contributed by atoms with van der Waals surface area (Å²) in [6, 6.07) is 0.252. The Bertz CT molecular complexity index is 120. The summed E-state index contributed by atoms with van der Waals surface area (Å²) in [6.07, 6.45) is 3.00. The Morgan fingerprint density at radius 3 is 2.00 bits per heavy atom. The maximum Gasteiger partial charge on any atom is 0.0842 e. The van der Waals surface area contributed by atoms with E-state index in [-0.39, 0.29) is 11.6 Å². The summed E-state index contributed by atoms with van der Waals surface area (Å²) in [5, 5.41) is 0. The fourth-order valence-corrected chi connectivity index (χ4v) is 1.98. The normalized spacial score (nSPS) is 14.5. The molecule has 1 atom stereocenters. The van der Waals surface area contributed by atoms with Crippen LogP contribution in [-0.2, 0) is 4.74 Å². The van der Waals surface area contributed by atoms with Crippen molar-refractivity contribution in [2.24, 2.45) is 5.84 Å². The molecule has 0 aromatic heterocycles. The summed E-state index contributed by atoms with van der Waals surface area (Å²) in [5.41, 5.74) is 2.77. The molecule has 0 amide bonds. The van der Waals surface area contributed by atoms with E-state index in [0.717, 1.165) is 25.9 Å². The summed E-state index contributed by atoms with van der Waals surface area (Å²) in [4.78, 5) is 0. The van der Waals surface area contributed by atoms with Crippen molar-refractivity contribution in [3.63, 3.8) is 0 Å². The van der Waals surface area contributed by atoms with E-state index >= 15 is 0 Å². The maximum absolute atomic E-state index is 5.83. The van der Waals surface area contributed by atoms with Crippen molar-refractivity contribution in [2.75, 3.05) is 6.61 Å². The SMILES string of the molecule is CCOC(CC)(CC)C(CC)NN. The van der Waals surface area contributed by atoms with Crippen molar-refractivity contribution in [1.29, 1.82) is 0 Å². The van der Waals surface area contributed by atoms with Gasteiger partial charge in [-0.25, -0.2) is 0 Å². The van der Waals surface area contributed by atoms with E-state index in [4.69, 9.17) is 10.6 Å². The number of rotatable bonds is 7. The molecule has 0 aliphatic rings. The molecule has 0 saturated heterocycles. The second-order valence-corrected chi connectivity index (χ2v) is 3.33. The Balaban J connectivity index is 4.50. The van der Waals surface area contributed by atoms with Crippen molar-refractivity contribution in [3.8, 4) is 0 Å². The van der Waals surface area contributed by atoms with Gasteiger partial charge in [-0.2, -0.15) is 0 Å². The van der Waals surface area contributed by atoms with Crippen molar-refractivity contribution < 1.29 is 4.74 Å². The zero-order chi connectivity index (χ0) is 10.3. The molecule has 0 aromatic carbocycles. The van der Waals surface area contributed by atoms with Crippen LogP contribution in [0.2, 0.25) is 0 Å². The van der Waals surface area contributed by atoms with Crippen LogP contribution in [0.15, 0.2) is 0 Å². The average Bonchev–Trinajstić information content (AvgIpc) is 2.18. The van der Waals surface area contributed by atoms with Gasteiger partial charge in [0.1, 0.15) is 0 Å². The molecule has 0 radical (unpaired) electrons. The Kier molecular flexibility index (Phi) is 6.29. The van der Waals surface area contributed by atoms with Gasteiger partial charge in [-0.15, -0.1) is 0 Å². The van der Waals surface area contributed by atoms with E-state index in [1.165, 1.54) is 0 Å². The first-order chi connectivity index (χ1) is 6.20. The highest BCUT2D eigenvalue weighted by atomic mass is 16.5. The quantitative estimate of drug-likeness (QED) is 0.473. The average molecular weight is 188 g/mol. The molecule has 0 aromatic rings. The molecule has 0 bridgehead atoms. The van der Waals surface area contributed by atoms with Gasteiger partial charge in [-0.1, -0.05) is 20.8 Å². The van der Waals surface area contributed by atoms with Crippen LogP contribution < -0.4 is 11.3 Å². The van der Waals surface area contributed by atoms with Crippen molar-refractivity contribution in [1.82, 2.24) is 5.43 Å². The molecular formula is C10H24N2O. The number of nitrogens with one attached hydrogen (secondary N) is 1. The minimum absolute atomic E-state index is 0.0851. The minimum Gasteiger partial charge on any atom is -0.374 e. The topological polar surface area (TPSA) is 47.3 Å². The summed E-state index contributed by atoms with van der Waals surface area (Å²) < 4.78 is 5.83. The first-order valence-corrected chi connectivity index (χ1v) is 5.30. The fourth-order valence-electron chi connectivity index (χ4n) is 1.98. The highest BCUT2D eigenvalue weighted by Gasteiger charge is 2.34. The lowest BCUT2D eigenvalue weighted by atomic mass is 9.87. The maximum atomic E-state index is 5.83. The molecule has 0 aliphatic carbocycles. The van der Waals surface area contributed by atoms with Crippen molar-refractivity contribution in [3.05, 3.63) is 0 Å².